The maximum absolute atomic E-state index is 14.1. The van der Waals surface area contributed by atoms with E-state index in [1.807, 2.05) is 47.9 Å². The van der Waals surface area contributed by atoms with Gasteiger partial charge in [0, 0.05) is 77.9 Å². The van der Waals surface area contributed by atoms with Crippen molar-refractivity contribution >= 4 is 52.2 Å². The second-order valence-corrected chi connectivity index (χ2v) is 8.84. The van der Waals surface area contributed by atoms with Crippen LogP contribution in [0.3, 0.4) is 0 Å². The maximum atomic E-state index is 14.1. The number of hydrogen-bond acceptors (Lipinski definition) is 6. The molecule has 185 valence electrons. The molecule has 1 N–H and O–H groups in total. The first-order chi connectivity index (χ1) is 17.4. The summed E-state index contributed by atoms with van der Waals surface area (Å²) < 4.78 is 47.0. The number of esters is 1. The molecule has 1 radical (unpaired) electrons. The average Bonchev–Trinajstić information content (AvgIpc) is 3.55. The predicted molar refractivity (Wildman–Crippen MR) is 134 cm³/mol. The molecule has 6 rings (SSSR count). The van der Waals surface area contributed by atoms with E-state index in [1.54, 1.807) is 0 Å². The fourth-order valence-corrected chi connectivity index (χ4v) is 4.92. The Bertz CT molecular complexity index is 1520. The van der Waals surface area contributed by atoms with E-state index < -0.39 is 17.7 Å². The largest absolute Gasteiger partial charge is 0.489 e. The molecule has 0 spiro atoms. The minimum Gasteiger partial charge on any atom is -0.489 e. The Kier molecular flexibility index (Phi) is 6.87. The summed E-state index contributed by atoms with van der Waals surface area (Å²) in [4.78, 5) is 15.9. The number of benzene rings is 3. The SMILES string of the molecule is CCc1nc2cc(F)c(F)cc2n1-c1cccc2c1OC[C@H]2Nc1ccc2c(c1)OC[C@H]2OC(C)=O.[Na]. The number of aromatic nitrogens is 2. The van der Waals surface area contributed by atoms with Crippen molar-refractivity contribution in [1.82, 2.24) is 9.55 Å². The molecule has 0 unspecified atom stereocenters. The van der Waals surface area contributed by atoms with E-state index in [9.17, 15) is 13.6 Å². The molecule has 1 aromatic heterocycles. The summed E-state index contributed by atoms with van der Waals surface area (Å²) in [6.45, 7) is 4.00. The molecule has 3 heterocycles. The van der Waals surface area contributed by atoms with E-state index in [1.165, 1.54) is 13.0 Å². The third-order valence-electron chi connectivity index (χ3n) is 6.52. The second kappa shape index (κ2) is 9.96. The zero-order valence-electron chi connectivity index (χ0n) is 20.7. The average molecular weight is 514 g/mol. The summed E-state index contributed by atoms with van der Waals surface area (Å²) in [6.07, 6.45) is 0.174. The van der Waals surface area contributed by atoms with Crippen molar-refractivity contribution in [2.24, 2.45) is 0 Å². The molecule has 0 saturated heterocycles. The van der Waals surface area contributed by atoms with E-state index in [4.69, 9.17) is 14.2 Å². The van der Waals surface area contributed by atoms with Gasteiger partial charge in [0.1, 0.15) is 30.5 Å². The third kappa shape index (κ3) is 4.45. The molecule has 7 nitrogen and oxygen atoms in total. The minimum atomic E-state index is -0.925. The number of hydrogen-bond donors (Lipinski definition) is 1. The number of imidazole rings is 1. The van der Waals surface area contributed by atoms with E-state index in [2.05, 4.69) is 10.3 Å². The molecule has 0 aliphatic carbocycles. The summed E-state index contributed by atoms with van der Waals surface area (Å²) in [6, 6.07) is 13.6. The molecule has 2 aliphatic heterocycles. The van der Waals surface area contributed by atoms with Gasteiger partial charge in [0.25, 0.3) is 0 Å². The standard InChI is InChI=1S/C27H23F2N3O4.Na/c1-3-26-31-20-10-18(28)19(29)11-23(20)32(26)22-6-4-5-16-21(12-35-27(16)22)30-15-7-8-17-24(9-15)34-13-25(17)36-14(2)33;/h4-11,21,25,30H,3,12-13H2,1-2H3;/t21-,25-;/m1./s1. The van der Waals surface area contributed by atoms with Crippen LogP contribution < -0.4 is 14.8 Å². The Morgan fingerprint density at radius 1 is 1.11 bits per heavy atom. The molecule has 10 heteroatoms. The van der Waals surface area contributed by atoms with Gasteiger partial charge in [0.2, 0.25) is 0 Å². The van der Waals surface area contributed by atoms with Crippen LogP contribution in [0.15, 0.2) is 48.5 Å². The first-order valence-corrected chi connectivity index (χ1v) is 11.8. The molecule has 2 atom stereocenters. The van der Waals surface area contributed by atoms with Gasteiger partial charge in [-0.15, -0.1) is 0 Å². The molecule has 2 aliphatic rings. The number of fused-ring (bicyclic) bond motifs is 3. The van der Waals surface area contributed by atoms with Crippen molar-refractivity contribution in [3.05, 3.63) is 77.1 Å². The monoisotopic (exact) mass is 514 g/mol. The van der Waals surface area contributed by atoms with Gasteiger partial charge in [-0.3, -0.25) is 9.36 Å². The Hall–Kier alpha value is -3.14. The minimum absolute atomic E-state index is 0. The fourth-order valence-electron chi connectivity index (χ4n) is 4.92. The van der Waals surface area contributed by atoms with Gasteiger partial charge in [-0.2, -0.15) is 0 Å². The van der Waals surface area contributed by atoms with Crippen molar-refractivity contribution in [2.45, 2.75) is 32.4 Å². The van der Waals surface area contributed by atoms with Gasteiger partial charge < -0.3 is 19.5 Å². The van der Waals surface area contributed by atoms with Crippen molar-refractivity contribution in [3.8, 4) is 17.2 Å². The molecule has 0 fully saturated rings. The zero-order valence-corrected chi connectivity index (χ0v) is 22.7. The van der Waals surface area contributed by atoms with E-state index in [-0.39, 0.29) is 41.6 Å². The topological polar surface area (TPSA) is 74.6 Å². The van der Waals surface area contributed by atoms with Crippen LogP contribution in [-0.2, 0) is 16.0 Å². The van der Waals surface area contributed by atoms with Crippen LogP contribution in [0.5, 0.6) is 11.5 Å². The molecule has 4 aromatic rings. The van der Waals surface area contributed by atoms with Gasteiger partial charge in [0.05, 0.1) is 22.8 Å². The molecule has 0 amide bonds. The number of carbonyl (C=O) groups is 1. The van der Waals surface area contributed by atoms with Crippen LogP contribution >= 0.6 is 0 Å². The summed E-state index contributed by atoms with van der Waals surface area (Å²) in [5, 5.41) is 3.49. The Balaban J connectivity index is 0.00000280. The number of rotatable bonds is 5. The van der Waals surface area contributed by atoms with Gasteiger partial charge in [-0.05, 0) is 18.2 Å². The normalized spacial score (nSPS) is 17.4. The number of ether oxygens (including phenoxy) is 3. The van der Waals surface area contributed by atoms with Gasteiger partial charge in [-0.25, -0.2) is 13.8 Å². The predicted octanol–water partition coefficient (Wildman–Crippen LogP) is 5.03. The molecule has 3 aromatic carbocycles. The Labute approximate surface area is 234 Å². The number of para-hydroxylation sites is 1. The van der Waals surface area contributed by atoms with Gasteiger partial charge in [0.15, 0.2) is 17.7 Å². The molecular formula is C27H23F2N3NaO4. The molecule has 0 bridgehead atoms. The maximum Gasteiger partial charge on any atom is 0.303 e. The van der Waals surface area contributed by atoms with Gasteiger partial charge >= 0.3 is 5.97 Å². The summed E-state index contributed by atoms with van der Waals surface area (Å²) in [5.74, 6) is -0.174. The Morgan fingerprint density at radius 2 is 1.92 bits per heavy atom. The van der Waals surface area contributed by atoms with Crippen LogP contribution in [0.25, 0.3) is 16.7 Å². The number of anilines is 1. The van der Waals surface area contributed by atoms with Crippen LogP contribution in [0.1, 0.15) is 42.9 Å². The third-order valence-corrected chi connectivity index (χ3v) is 6.52. The molecule has 37 heavy (non-hydrogen) atoms. The van der Waals surface area contributed by atoms with Crippen molar-refractivity contribution in [1.29, 1.82) is 0 Å². The smallest absolute Gasteiger partial charge is 0.303 e. The first-order valence-electron chi connectivity index (χ1n) is 11.8. The van der Waals surface area contributed by atoms with E-state index in [0.29, 0.717) is 48.0 Å². The van der Waals surface area contributed by atoms with Crippen molar-refractivity contribution in [2.75, 3.05) is 18.5 Å². The summed E-state index contributed by atoms with van der Waals surface area (Å²) >= 11 is 0. The number of nitrogens with one attached hydrogen (secondary N) is 1. The number of aryl methyl sites for hydroxylation is 1. The second-order valence-electron chi connectivity index (χ2n) is 8.84. The first kappa shape index (κ1) is 25.5. The zero-order chi connectivity index (χ0) is 25.0. The number of carbonyl (C=O) groups excluding carboxylic acids is 1. The number of nitrogens with zero attached hydrogens (tertiary/aromatic N) is 2. The van der Waals surface area contributed by atoms with E-state index >= 15 is 0 Å². The van der Waals surface area contributed by atoms with E-state index in [0.717, 1.165) is 28.6 Å². The number of halogens is 2. The van der Waals surface area contributed by atoms with Crippen LogP contribution in [-0.4, -0.2) is 58.3 Å². The fraction of sp³-hybridized carbons (Fsp3) is 0.259. The van der Waals surface area contributed by atoms with Crippen molar-refractivity contribution in [3.63, 3.8) is 0 Å². The van der Waals surface area contributed by atoms with Crippen LogP contribution in [0.2, 0.25) is 0 Å². The summed E-state index contributed by atoms with van der Waals surface area (Å²) in [5.41, 5.74) is 4.22. The summed E-state index contributed by atoms with van der Waals surface area (Å²) in [7, 11) is 0. The van der Waals surface area contributed by atoms with Gasteiger partial charge in [-0.1, -0.05) is 19.1 Å². The quantitative estimate of drug-likeness (QED) is 0.298. The van der Waals surface area contributed by atoms with Crippen molar-refractivity contribution < 1.29 is 27.8 Å². The molecular weight excluding hydrogens is 491 g/mol. The Morgan fingerprint density at radius 3 is 2.70 bits per heavy atom. The van der Waals surface area contributed by atoms with Crippen LogP contribution in [0, 0.1) is 11.6 Å². The molecule has 0 saturated carbocycles. The van der Waals surface area contributed by atoms with Crippen LogP contribution in [0.4, 0.5) is 14.5 Å².